The van der Waals surface area contributed by atoms with Crippen molar-refractivity contribution in [2.24, 2.45) is 0 Å². The number of hydrogen-bond acceptors (Lipinski definition) is 5. The van der Waals surface area contributed by atoms with E-state index in [1.54, 1.807) is 24.4 Å². The minimum absolute atomic E-state index is 0.160. The Labute approximate surface area is 233 Å². The van der Waals surface area contributed by atoms with Crippen molar-refractivity contribution >= 4 is 32.4 Å². The molecule has 4 aromatic rings. The van der Waals surface area contributed by atoms with Crippen LogP contribution in [0.1, 0.15) is 59.6 Å². The average Bonchev–Trinajstić information content (AvgIpc) is 3.68. The van der Waals surface area contributed by atoms with Gasteiger partial charge in [-0.25, -0.2) is 9.37 Å². The summed E-state index contributed by atoms with van der Waals surface area (Å²) in [6, 6.07) is 9.62. The topological polar surface area (TPSA) is 61.7 Å². The van der Waals surface area contributed by atoms with E-state index in [-0.39, 0.29) is 17.5 Å². The Morgan fingerprint density at radius 1 is 1.12 bits per heavy atom. The summed E-state index contributed by atoms with van der Waals surface area (Å²) in [6.45, 7) is 3.63. The molecule has 0 saturated carbocycles. The molecule has 6 rings (SSSR count). The van der Waals surface area contributed by atoms with Crippen LogP contribution in [0.25, 0.3) is 26.4 Å². The molecule has 0 radical (unpaired) electrons. The van der Waals surface area contributed by atoms with Crippen LogP contribution in [0.2, 0.25) is 0 Å². The summed E-state index contributed by atoms with van der Waals surface area (Å²) in [5.41, 5.74) is 1.94. The highest BCUT2D eigenvalue weighted by Gasteiger charge is 2.36. The molecular formula is C29H31F4N5OS. The lowest BCUT2D eigenvalue weighted by molar-refractivity contribution is -0.138. The van der Waals surface area contributed by atoms with Crippen molar-refractivity contribution in [3.63, 3.8) is 0 Å². The number of halogens is 4. The SMILES string of the molecule is O=C(NCCCN1CCC(F)CC1)c1ccc2c(c1)sc1nc(-c3ccc([C@@H]4CCCN4)c(C(F)(F)F)c3)cn12. The highest BCUT2D eigenvalue weighted by atomic mass is 32.1. The van der Waals surface area contributed by atoms with Gasteiger partial charge in [0.2, 0.25) is 0 Å². The highest BCUT2D eigenvalue weighted by Crippen LogP contribution is 2.39. The monoisotopic (exact) mass is 573 g/mol. The summed E-state index contributed by atoms with van der Waals surface area (Å²) in [7, 11) is 0. The number of thiazole rings is 1. The Morgan fingerprint density at radius 2 is 1.95 bits per heavy atom. The van der Waals surface area contributed by atoms with Gasteiger partial charge < -0.3 is 15.5 Å². The van der Waals surface area contributed by atoms with Crippen LogP contribution in [-0.2, 0) is 6.18 Å². The van der Waals surface area contributed by atoms with Gasteiger partial charge in [-0.3, -0.25) is 9.20 Å². The Bertz CT molecular complexity index is 1520. The zero-order valence-electron chi connectivity index (χ0n) is 21.9. The van der Waals surface area contributed by atoms with Gasteiger partial charge >= 0.3 is 6.18 Å². The summed E-state index contributed by atoms with van der Waals surface area (Å²) in [5, 5.41) is 6.12. The van der Waals surface area contributed by atoms with Gasteiger partial charge in [-0.2, -0.15) is 13.2 Å². The lowest BCUT2D eigenvalue weighted by atomic mass is 9.95. The first-order valence-electron chi connectivity index (χ1n) is 13.8. The number of imidazole rings is 1. The van der Waals surface area contributed by atoms with E-state index in [1.807, 2.05) is 16.5 Å². The molecule has 1 atom stereocenters. The Morgan fingerprint density at radius 3 is 2.70 bits per heavy atom. The Kier molecular flexibility index (Phi) is 7.54. The minimum atomic E-state index is -4.46. The number of rotatable bonds is 7. The van der Waals surface area contributed by atoms with Gasteiger partial charge in [0.25, 0.3) is 5.91 Å². The average molecular weight is 574 g/mol. The lowest BCUT2D eigenvalue weighted by Gasteiger charge is -2.28. The predicted molar refractivity (Wildman–Crippen MR) is 149 cm³/mol. The maximum absolute atomic E-state index is 14.0. The molecule has 6 nitrogen and oxygen atoms in total. The van der Waals surface area contributed by atoms with Gasteiger partial charge in [-0.15, -0.1) is 0 Å². The fraction of sp³-hybridized carbons (Fsp3) is 0.448. The van der Waals surface area contributed by atoms with Crippen LogP contribution in [0, 0.1) is 0 Å². The van der Waals surface area contributed by atoms with E-state index in [0.717, 1.165) is 49.2 Å². The summed E-state index contributed by atoms with van der Waals surface area (Å²) in [4.78, 5) is 20.2. The van der Waals surface area contributed by atoms with E-state index >= 15 is 0 Å². The molecule has 0 aliphatic carbocycles. The molecular weight excluding hydrogens is 542 g/mol. The van der Waals surface area contributed by atoms with E-state index < -0.39 is 17.9 Å². The van der Waals surface area contributed by atoms with Gasteiger partial charge in [-0.05, 0) is 75.0 Å². The van der Waals surface area contributed by atoms with Crippen LogP contribution < -0.4 is 10.6 Å². The summed E-state index contributed by atoms with van der Waals surface area (Å²) in [5.74, 6) is -0.160. The number of nitrogens with one attached hydrogen (secondary N) is 2. The molecule has 2 saturated heterocycles. The van der Waals surface area contributed by atoms with Crippen molar-refractivity contribution in [3.05, 3.63) is 59.3 Å². The van der Waals surface area contributed by atoms with Crippen molar-refractivity contribution in [1.29, 1.82) is 0 Å². The molecule has 2 N–H and O–H groups in total. The largest absolute Gasteiger partial charge is 0.416 e. The number of amides is 1. The first-order valence-corrected chi connectivity index (χ1v) is 14.6. The number of carbonyl (C=O) groups is 1. The first-order chi connectivity index (χ1) is 19.3. The Balaban J connectivity index is 1.16. The molecule has 2 aromatic carbocycles. The van der Waals surface area contributed by atoms with Crippen LogP contribution in [0.5, 0.6) is 0 Å². The molecule has 0 spiro atoms. The molecule has 2 aromatic heterocycles. The number of fused-ring (bicyclic) bond motifs is 3. The number of likely N-dealkylation sites (tertiary alicyclic amines) is 1. The van der Waals surface area contributed by atoms with Gasteiger partial charge in [0.1, 0.15) is 6.17 Å². The van der Waals surface area contributed by atoms with E-state index in [4.69, 9.17) is 0 Å². The molecule has 11 heteroatoms. The molecule has 212 valence electrons. The number of hydrogen-bond donors (Lipinski definition) is 2. The number of carbonyl (C=O) groups excluding carboxylic acids is 1. The fourth-order valence-electron chi connectivity index (χ4n) is 5.73. The first kappa shape index (κ1) is 27.2. The van der Waals surface area contributed by atoms with E-state index in [1.165, 1.54) is 17.4 Å². The van der Waals surface area contributed by atoms with Crippen LogP contribution in [0.4, 0.5) is 17.6 Å². The highest BCUT2D eigenvalue weighted by molar-refractivity contribution is 7.23. The number of nitrogens with zero attached hydrogens (tertiary/aromatic N) is 3. The quantitative estimate of drug-likeness (QED) is 0.204. The molecule has 1 amide bonds. The number of alkyl halides is 4. The second kappa shape index (κ2) is 11.1. The van der Waals surface area contributed by atoms with Crippen LogP contribution in [-0.4, -0.2) is 59.1 Å². The van der Waals surface area contributed by atoms with Crippen molar-refractivity contribution < 1.29 is 22.4 Å². The third kappa shape index (κ3) is 5.59. The second-order valence-corrected chi connectivity index (χ2v) is 11.6. The molecule has 2 aliphatic rings. The number of piperidine rings is 1. The molecule has 0 bridgehead atoms. The smallest absolute Gasteiger partial charge is 0.352 e. The van der Waals surface area contributed by atoms with Crippen LogP contribution in [0.3, 0.4) is 0 Å². The standard InChI is InChI=1S/C29H31F4N5OS/c30-20-8-13-37(14-9-20)12-2-11-35-27(39)19-5-7-25-26(16-19)40-28-36-24(17-38(25)28)18-4-6-21(23-3-1-10-34-23)22(15-18)29(31,32)33/h4-7,15-17,20,23,34H,1-3,8-14H2,(H,35,39)/t23-/m0/s1. The van der Waals surface area contributed by atoms with Gasteiger partial charge in [0.15, 0.2) is 4.96 Å². The van der Waals surface area contributed by atoms with E-state index in [2.05, 4.69) is 20.5 Å². The molecule has 0 unspecified atom stereocenters. The van der Waals surface area contributed by atoms with Gasteiger partial charge in [0.05, 0.1) is 21.5 Å². The molecule has 4 heterocycles. The van der Waals surface area contributed by atoms with Crippen molar-refractivity contribution in [2.45, 2.75) is 50.5 Å². The second-order valence-electron chi connectivity index (χ2n) is 10.6. The fourth-order valence-corrected chi connectivity index (χ4v) is 6.78. The third-order valence-corrected chi connectivity index (χ3v) is 8.92. The van der Waals surface area contributed by atoms with E-state index in [0.29, 0.717) is 47.6 Å². The minimum Gasteiger partial charge on any atom is -0.352 e. The maximum Gasteiger partial charge on any atom is 0.416 e. The van der Waals surface area contributed by atoms with Crippen LogP contribution >= 0.6 is 11.3 Å². The van der Waals surface area contributed by atoms with Gasteiger partial charge in [-0.1, -0.05) is 23.5 Å². The summed E-state index contributed by atoms with van der Waals surface area (Å²) >= 11 is 1.39. The Hall–Kier alpha value is -3.02. The van der Waals surface area contributed by atoms with Crippen molar-refractivity contribution in [1.82, 2.24) is 24.9 Å². The molecule has 2 fully saturated rings. The maximum atomic E-state index is 14.0. The normalized spacial score (nSPS) is 19.1. The summed E-state index contributed by atoms with van der Waals surface area (Å²) in [6.07, 6.45) is 0.119. The summed E-state index contributed by atoms with van der Waals surface area (Å²) < 4.78 is 57.9. The predicted octanol–water partition coefficient (Wildman–Crippen LogP) is 6.21. The number of aromatic nitrogens is 2. The van der Waals surface area contributed by atoms with Crippen molar-refractivity contribution in [3.8, 4) is 11.3 Å². The zero-order chi connectivity index (χ0) is 27.9. The van der Waals surface area contributed by atoms with Gasteiger partial charge in [0, 0.05) is 43.0 Å². The lowest BCUT2D eigenvalue weighted by Crippen LogP contribution is -2.36. The van der Waals surface area contributed by atoms with Crippen molar-refractivity contribution in [2.75, 3.05) is 32.7 Å². The van der Waals surface area contributed by atoms with Crippen LogP contribution in [0.15, 0.2) is 42.6 Å². The third-order valence-electron chi connectivity index (χ3n) is 7.90. The zero-order valence-corrected chi connectivity index (χ0v) is 22.8. The molecule has 40 heavy (non-hydrogen) atoms. The number of benzene rings is 2. The molecule has 2 aliphatic heterocycles. The van der Waals surface area contributed by atoms with E-state index in [9.17, 15) is 22.4 Å².